The summed E-state index contributed by atoms with van der Waals surface area (Å²) in [6, 6.07) is 1.88. The van der Waals surface area contributed by atoms with E-state index in [1.165, 1.54) is 0 Å². The van der Waals surface area contributed by atoms with Crippen LogP contribution in [0.15, 0.2) is 12.3 Å². The van der Waals surface area contributed by atoms with E-state index in [2.05, 4.69) is 20.3 Å². The summed E-state index contributed by atoms with van der Waals surface area (Å²) in [6.45, 7) is 3.69. The van der Waals surface area contributed by atoms with Crippen LogP contribution in [-0.4, -0.2) is 34.3 Å². The van der Waals surface area contributed by atoms with Crippen LogP contribution in [0.2, 0.25) is 0 Å². The molecule has 17 heavy (non-hydrogen) atoms. The van der Waals surface area contributed by atoms with Gasteiger partial charge in [0, 0.05) is 19.3 Å². The molecule has 0 spiro atoms. The maximum absolute atomic E-state index is 9.55. The molecular weight excluding hydrogens is 218 g/mol. The Morgan fingerprint density at radius 3 is 2.82 bits per heavy atom. The third kappa shape index (κ3) is 2.83. The van der Waals surface area contributed by atoms with E-state index in [-0.39, 0.29) is 6.10 Å². The van der Waals surface area contributed by atoms with Crippen molar-refractivity contribution in [3.8, 4) is 0 Å². The minimum atomic E-state index is -0.219. The quantitative estimate of drug-likeness (QED) is 0.520. The lowest BCUT2D eigenvalue weighted by molar-refractivity contribution is 0.110. The lowest BCUT2D eigenvalue weighted by atomic mass is 9.92. The first-order valence-electron chi connectivity index (χ1n) is 5.93. The number of nitrogens with two attached hydrogens (primary N) is 1. The molecule has 1 aliphatic rings. The first-order valence-corrected chi connectivity index (χ1v) is 5.93. The third-order valence-corrected chi connectivity index (χ3v) is 3.32. The second-order valence-electron chi connectivity index (χ2n) is 4.45. The van der Waals surface area contributed by atoms with Crippen molar-refractivity contribution in [2.75, 3.05) is 23.4 Å². The summed E-state index contributed by atoms with van der Waals surface area (Å²) in [5.74, 6) is 7.00. The van der Waals surface area contributed by atoms with Gasteiger partial charge in [-0.15, -0.1) is 0 Å². The van der Waals surface area contributed by atoms with Crippen molar-refractivity contribution in [2.24, 2.45) is 11.8 Å². The van der Waals surface area contributed by atoms with Crippen molar-refractivity contribution in [3.05, 3.63) is 12.3 Å². The van der Waals surface area contributed by atoms with Gasteiger partial charge in [0.15, 0.2) is 0 Å². The molecule has 1 aromatic heterocycles. The average Bonchev–Trinajstić information content (AvgIpc) is 2.39. The first-order chi connectivity index (χ1) is 8.20. The van der Waals surface area contributed by atoms with Gasteiger partial charge in [-0.25, -0.2) is 10.8 Å². The van der Waals surface area contributed by atoms with Crippen molar-refractivity contribution in [1.82, 2.24) is 9.97 Å². The molecule has 6 heteroatoms. The summed E-state index contributed by atoms with van der Waals surface area (Å²) in [7, 11) is 0. The largest absolute Gasteiger partial charge is 0.393 e. The fourth-order valence-corrected chi connectivity index (χ4v) is 2.21. The first kappa shape index (κ1) is 12.1. The molecule has 2 rings (SSSR count). The van der Waals surface area contributed by atoms with Gasteiger partial charge >= 0.3 is 0 Å². The van der Waals surface area contributed by atoms with Gasteiger partial charge in [-0.2, -0.15) is 4.98 Å². The molecule has 1 fully saturated rings. The fraction of sp³-hybridized carbons (Fsp3) is 0.636. The highest BCUT2D eigenvalue weighted by Crippen LogP contribution is 2.24. The number of hydrogen-bond donors (Lipinski definition) is 3. The highest BCUT2D eigenvalue weighted by molar-refractivity contribution is 5.42. The van der Waals surface area contributed by atoms with Gasteiger partial charge in [-0.3, -0.25) is 5.43 Å². The molecule has 0 aromatic carbocycles. The maximum Gasteiger partial charge on any atom is 0.239 e. The molecule has 0 bridgehead atoms. The Hall–Kier alpha value is -1.40. The molecule has 94 valence electrons. The second-order valence-corrected chi connectivity index (χ2v) is 4.45. The van der Waals surface area contributed by atoms with E-state index in [1.54, 1.807) is 6.20 Å². The number of nitrogens with zero attached hydrogens (tertiary/aromatic N) is 3. The van der Waals surface area contributed by atoms with Crippen LogP contribution in [0.1, 0.15) is 19.8 Å². The van der Waals surface area contributed by atoms with Gasteiger partial charge in [0.1, 0.15) is 5.82 Å². The number of piperidine rings is 1. The van der Waals surface area contributed by atoms with Crippen LogP contribution in [0.25, 0.3) is 0 Å². The fourth-order valence-electron chi connectivity index (χ4n) is 2.21. The lowest BCUT2D eigenvalue weighted by Crippen LogP contribution is -2.37. The third-order valence-electron chi connectivity index (χ3n) is 3.32. The molecule has 1 unspecified atom stereocenters. The molecular formula is C11H19N5O. The molecule has 0 amide bonds. The minimum absolute atomic E-state index is 0.219. The van der Waals surface area contributed by atoms with E-state index in [1.807, 2.05) is 13.0 Å². The van der Waals surface area contributed by atoms with E-state index in [9.17, 15) is 5.11 Å². The number of aliphatic hydroxyl groups excluding tert-OH is 1. The van der Waals surface area contributed by atoms with Gasteiger partial charge < -0.3 is 10.0 Å². The Kier molecular flexibility index (Phi) is 3.75. The van der Waals surface area contributed by atoms with Crippen LogP contribution in [0, 0.1) is 5.92 Å². The summed E-state index contributed by atoms with van der Waals surface area (Å²) in [4.78, 5) is 10.5. The van der Waals surface area contributed by atoms with Crippen molar-refractivity contribution in [3.63, 3.8) is 0 Å². The number of nitrogen functional groups attached to an aromatic ring is 1. The molecule has 1 aromatic rings. The van der Waals surface area contributed by atoms with Crippen LogP contribution >= 0.6 is 0 Å². The molecule has 4 N–H and O–H groups in total. The second kappa shape index (κ2) is 5.29. The summed E-state index contributed by atoms with van der Waals surface area (Å²) < 4.78 is 0. The van der Waals surface area contributed by atoms with E-state index >= 15 is 0 Å². The number of nitrogens with one attached hydrogen (secondary N) is 1. The Labute approximate surface area is 101 Å². The van der Waals surface area contributed by atoms with E-state index in [4.69, 9.17) is 5.84 Å². The van der Waals surface area contributed by atoms with E-state index in [0.29, 0.717) is 11.9 Å². The monoisotopic (exact) mass is 237 g/mol. The summed E-state index contributed by atoms with van der Waals surface area (Å²) in [5, 5.41) is 9.55. The zero-order valence-electron chi connectivity index (χ0n) is 10.0. The summed E-state index contributed by atoms with van der Waals surface area (Å²) >= 11 is 0. The van der Waals surface area contributed by atoms with Crippen molar-refractivity contribution in [2.45, 2.75) is 25.9 Å². The maximum atomic E-state index is 9.55. The van der Waals surface area contributed by atoms with Crippen LogP contribution < -0.4 is 16.2 Å². The Balaban J connectivity index is 2.00. The molecule has 1 saturated heterocycles. The predicted molar refractivity (Wildman–Crippen MR) is 66.5 cm³/mol. The number of hydrazine groups is 1. The van der Waals surface area contributed by atoms with Gasteiger partial charge in [0.25, 0.3) is 0 Å². The Bertz CT molecular complexity index is 363. The number of rotatable bonds is 3. The summed E-state index contributed by atoms with van der Waals surface area (Å²) in [5.41, 5.74) is 2.44. The molecule has 0 radical (unpaired) electrons. The van der Waals surface area contributed by atoms with Crippen LogP contribution in [0.5, 0.6) is 0 Å². The zero-order valence-corrected chi connectivity index (χ0v) is 10.0. The number of hydrogen-bond acceptors (Lipinski definition) is 6. The van der Waals surface area contributed by atoms with Gasteiger partial charge in [-0.05, 0) is 31.7 Å². The SMILES string of the molecule is CC(O)C1CCN(c2ccnc(NN)n2)CC1. The molecule has 2 heterocycles. The number of aliphatic hydroxyl groups is 1. The molecule has 0 saturated carbocycles. The Morgan fingerprint density at radius 1 is 1.53 bits per heavy atom. The smallest absolute Gasteiger partial charge is 0.239 e. The number of anilines is 2. The van der Waals surface area contributed by atoms with Crippen molar-refractivity contribution >= 4 is 11.8 Å². The molecule has 1 atom stereocenters. The molecule has 0 aliphatic carbocycles. The van der Waals surface area contributed by atoms with E-state index < -0.39 is 0 Å². The summed E-state index contributed by atoms with van der Waals surface area (Å²) in [6.07, 6.45) is 3.46. The number of aromatic nitrogens is 2. The van der Waals surface area contributed by atoms with Crippen LogP contribution in [-0.2, 0) is 0 Å². The molecule has 6 nitrogen and oxygen atoms in total. The van der Waals surface area contributed by atoms with E-state index in [0.717, 1.165) is 31.7 Å². The highest BCUT2D eigenvalue weighted by Gasteiger charge is 2.23. The normalized spacial score (nSPS) is 19.1. The van der Waals surface area contributed by atoms with Gasteiger partial charge in [0.2, 0.25) is 5.95 Å². The predicted octanol–water partition coefficient (Wildman–Crippen LogP) is 0.359. The highest BCUT2D eigenvalue weighted by atomic mass is 16.3. The van der Waals surface area contributed by atoms with Gasteiger partial charge in [0.05, 0.1) is 6.10 Å². The van der Waals surface area contributed by atoms with Crippen molar-refractivity contribution < 1.29 is 5.11 Å². The minimum Gasteiger partial charge on any atom is -0.393 e. The lowest BCUT2D eigenvalue weighted by Gasteiger charge is -2.34. The van der Waals surface area contributed by atoms with Crippen molar-refractivity contribution in [1.29, 1.82) is 0 Å². The van der Waals surface area contributed by atoms with Crippen LogP contribution in [0.4, 0.5) is 11.8 Å². The molecule has 1 aliphatic heterocycles. The standard InChI is InChI=1S/C11H19N5O/c1-8(17)9-3-6-16(7-4-9)10-2-5-13-11(14-10)15-12/h2,5,8-9,17H,3-4,6-7,12H2,1H3,(H,13,14,15). The Morgan fingerprint density at radius 2 is 2.24 bits per heavy atom. The zero-order chi connectivity index (χ0) is 12.3. The van der Waals surface area contributed by atoms with Crippen LogP contribution in [0.3, 0.4) is 0 Å². The topological polar surface area (TPSA) is 87.3 Å². The average molecular weight is 237 g/mol. The van der Waals surface area contributed by atoms with Gasteiger partial charge in [-0.1, -0.05) is 0 Å².